The standard InChI is InChI=1S/C14H22N4O2S/c1-4-8-11(3)17-21(19,20)14-13(15-5-2)16-12-9-6-7-10-18(12)14/h6-7,9-11,15,17H,4-5,8H2,1-3H3. The second-order valence-electron chi connectivity index (χ2n) is 5.04. The third-order valence-corrected chi connectivity index (χ3v) is 4.77. The molecule has 0 spiro atoms. The molecule has 0 amide bonds. The summed E-state index contributed by atoms with van der Waals surface area (Å²) in [7, 11) is -3.63. The summed E-state index contributed by atoms with van der Waals surface area (Å²) >= 11 is 0. The summed E-state index contributed by atoms with van der Waals surface area (Å²) in [5.41, 5.74) is 0.608. The molecule has 2 aromatic rings. The molecule has 0 radical (unpaired) electrons. The van der Waals surface area contributed by atoms with Crippen LogP contribution in [0.1, 0.15) is 33.6 Å². The van der Waals surface area contributed by atoms with Crippen LogP contribution in [-0.2, 0) is 10.0 Å². The summed E-state index contributed by atoms with van der Waals surface area (Å²) in [6.45, 7) is 6.42. The van der Waals surface area contributed by atoms with Crippen LogP contribution >= 0.6 is 0 Å². The van der Waals surface area contributed by atoms with E-state index in [1.165, 1.54) is 0 Å². The lowest BCUT2D eigenvalue weighted by atomic mass is 10.2. The molecule has 116 valence electrons. The first-order valence-electron chi connectivity index (χ1n) is 7.22. The number of hydrogen-bond donors (Lipinski definition) is 2. The van der Waals surface area contributed by atoms with Gasteiger partial charge in [0, 0.05) is 18.8 Å². The lowest BCUT2D eigenvalue weighted by Gasteiger charge is -2.14. The molecule has 0 aliphatic carbocycles. The number of imidazole rings is 1. The topological polar surface area (TPSA) is 75.5 Å². The Balaban J connectivity index is 2.50. The molecule has 2 rings (SSSR count). The molecule has 7 heteroatoms. The normalized spacial score (nSPS) is 13.5. The third-order valence-electron chi connectivity index (χ3n) is 3.16. The molecule has 2 heterocycles. The molecule has 0 aromatic carbocycles. The molecule has 0 bridgehead atoms. The Labute approximate surface area is 125 Å². The Morgan fingerprint density at radius 2 is 2.10 bits per heavy atom. The molecule has 21 heavy (non-hydrogen) atoms. The average Bonchev–Trinajstić information content (AvgIpc) is 2.77. The van der Waals surface area contributed by atoms with E-state index >= 15 is 0 Å². The highest BCUT2D eigenvalue weighted by Gasteiger charge is 2.26. The number of aromatic nitrogens is 2. The molecule has 0 aliphatic heterocycles. The lowest BCUT2D eigenvalue weighted by molar-refractivity contribution is 0.540. The van der Waals surface area contributed by atoms with Crippen molar-refractivity contribution in [2.75, 3.05) is 11.9 Å². The van der Waals surface area contributed by atoms with Gasteiger partial charge in [-0.1, -0.05) is 19.4 Å². The SMILES string of the molecule is CCCC(C)NS(=O)(=O)c1c(NCC)nc2ccccn12. The van der Waals surface area contributed by atoms with Gasteiger partial charge in [0.1, 0.15) is 5.65 Å². The summed E-state index contributed by atoms with van der Waals surface area (Å²) < 4.78 is 29.7. The van der Waals surface area contributed by atoms with Crippen LogP contribution in [0, 0.1) is 0 Å². The fourth-order valence-electron chi connectivity index (χ4n) is 2.33. The smallest absolute Gasteiger partial charge is 0.260 e. The summed E-state index contributed by atoms with van der Waals surface area (Å²) in [6.07, 6.45) is 3.44. The summed E-state index contributed by atoms with van der Waals surface area (Å²) in [4.78, 5) is 4.35. The van der Waals surface area contributed by atoms with Crippen molar-refractivity contribution in [1.82, 2.24) is 14.1 Å². The molecule has 6 nitrogen and oxygen atoms in total. The lowest BCUT2D eigenvalue weighted by Crippen LogP contribution is -2.33. The van der Waals surface area contributed by atoms with Crippen LogP contribution < -0.4 is 10.0 Å². The average molecular weight is 310 g/mol. The molecule has 1 atom stereocenters. The van der Waals surface area contributed by atoms with E-state index in [0.29, 0.717) is 18.0 Å². The second kappa shape index (κ2) is 6.44. The van der Waals surface area contributed by atoms with Gasteiger partial charge in [0.2, 0.25) is 0 Å². The van der Waals surface area contributed by atoms with Crippen molar-refractivity contribution in [2.45, 2.75) is 44.7 Å². The molecule has 1 unspecified atom stereocenters. The highest BCUT2D eigenvalue weighted by atomic mass is 32.2. The number of sulfonamides is 1. The minimum atomic E-state index is -3.63. The second-order valence-corrected chi connectivity index (χ2v) is 6.67. The predicted molar refractivity (Wildman–Crippen MR) is 84.0 cm³/mol. The maximum absolute atomic E-state index is 12.7. The van der Waals surface area contributed by atoms with E-state index in [1.54, 1.807) is 22.7 Å². The number of rotatable bonds is 7. The van der Waals surface area contributed by atoms with Crippen molar-refractivity contribution < 1.29 is 8.42 Å². The summed E-state index contributed by atoms with van der Waals surface area (Å²) in [5.74, 6) is 0.389. The van der Waals surface area contributed by atoms with Crippen molar-refractivity contribution in [3.8, 4) is 0 Å². The van der Waals surface area contributed by atoms with E-state index in [4.69, 9.17) is 0 Å². The Hall–Kier alpha value is -1.60. The van der Waals surface area contributed by atoms with Gasteiger partial charge in [-0.2, -0.15) is 0 Å². The Kier molecular flexibility index (Phi) is 4.84. The predicted octanol–water partition coefficient (Wildman–Crippen LogP) is 2.23. The first-order valence-corrected chi connectivity index (χ1v) is 8.71. The van der Waals surface area contributed by atoms with Gasteiger partial charge in [-0.05, 0) is 32.4 Å². The maximum atomic E-state index is 12.7. The zero-order valence-corrected chi connectivity index (χ0v) is 13.4. The van der Waals surface area contributed by atoms with Crippen molar-refractivity contribution in [1.29, 1.82) is 0 Å². The van der Waals surface area contributed by atoms with Gasteiger partial charge in [0.25, 0.3) is 10.0 Å². The zero-order chi connectivity index (χ0) is 15.5. The van der Waals surface area contributed by atoms with Crippen LogP contribution in [0.2, 0.25) is 0 Å². The minimum absolute atomic E-state index is 0.108. The number of nitrogens with zero attached hydrogens (tertiary/aromatic N) is 2. The fourth-order valence-corrected chi connectivity index (χ4v) is 3.87. The van der Waals surface area contributed by atoms with Crippen LogP contribution in [0.4, 0.5) is 5.82 Å². The van der Waals surface area contributed by atoms with Gasteiger partial charge in [0.15, 0.2) is 10.8 Å². The molecule has 0 fully saturated rings. The first kappa shape index (κ1) is 15.8. The molecule has 0 saturated heterocycles. The molecular formula is C14H22N4O2S. The number of pyridine rings is 1. The number of nitrogens with one attached hydrogen (secondary N) is 2. The van der Waals surface area contributed by atoms with E-state index in [0.717, 1.165) is 12.8 Å². The molecule has 0 saturated carbocycles. The van der Waals surface area contributed by atoms with Gasteiger partial charge >= 0.3 is 0 Å². The fraction of sp³-hybridized carbons (Fsp3) is 0.500. The minimum Gasteiger partial charge on any atom is -0.368 e. The molecular weight excluding hydrogens is 288 g/mol. The third kappa shape index (κ3) is 3.36. The molecule has 2 aromatic heterocycles. The van der Waals surface area contributed by atoms with Crippen LogP contribution in [0.25, 0.3) is 5.65 Å². The van der Waals surface area contributed by atoms with Crippen LogP contribution in [-0.4, -0.2) is 30.4 Å². The van der Waals surface area contributed by atoms with Gasteiger partial charge in [0.05, 0.1) is 0 Å². The number of fused-ring (bicyclic) bond motifs is 1. The highest BCUT2D eigenvalue weighted by Crippen LogP contribution is 2.23. The van der Waals surface area contributed by atoms with E-state index in [9.17, 15) is 8.42 Å². The Bertz CT molecular complexity index is 709. The van der Waals surface area contributed by atoms with Gasteiger partial charge in [-0.15, -0.1) is 0 Å². The van der Waals surface area contributed by atoms with E-state index in [2.05, 4.69) is 15.0 Å². The largest absolute Gasteiger partial charge is 0.368 e. The first-order chi connectivity index (χ1) is 9.99. The summed E-state index contributed by atoms with van der Waals surface area (Å²) in [6, 6.07) is 5.30. The van der Waals surface area contributed by atoms with Crippen molar-refractivity contribution in [2.24, 2.45) is 0 Å². The summed E-state index contributed by atoms with van der Waals surface area (Å²) in [5, 5.41) is 3.20. The molecule has 0 aliphatic rings. The van der Waals surface area contributed by atoms with Crippen LogP contribution in [0.15, 0.2) is 29.4 Å². The van der Waals surface area contributed by atoms with E-state index in [-0.39, 0.29) is 11.1 Å². The van der Waals surface area contributed by atoms with E-state index in [1.807, 2.05) is 26.8 Å². The van der Waals surface area contributed by atoms with Crippen LogP contribution in [0.3, 0.4) is 0 Å². The van der Waals surface area contributed by atoms with E-state index < -0.39 is 10.0 Å². The Morgan fingerprint density at radius 3 is 2.76 bits per heavy atom. The van der Waals surface area contributed by atoms with Gasteiger partial charge in [-0.25, -0.2) is 18.1 Å². The number of hydrogen-bond acceptors (Lipinski definition) is 4. The van der Waals surface area contributed by atoms with Crippen molar-refractivity contribution >= 4 is 21.5 Å². The van der Waals surface area contributed by atoms with Gasteiger partial charge < -0.3 is 5.32 Å². The Morgan fingerprint density at radius 1 is 1.33 bits per heavy atom. The van der Waals surface area contributed by atoms with Crippen molar-refractivity contribution in [3.05, 3.63) is 24.4 Å². The van der Waals surface area contributed by atoms with Crippen molar-refractivity contribution in [3.63, 3.8) is 0 Å². The monoisotopic (exact) mass is 310 g/mol. The van der Waals surface area contributed by atoms with Gasteiger partial charge in [-0.3, -0.25) is 4.40 Å². The highest BCUT2D eigenvalue weighted by molar-refractivity contribution is 7.89. The molecule has 2 N–H and O–H groups in total. The maximum Gasteiger partial charge on any atom is 0.260 e. The van der Waals surface area contributed by atoms with Crippen LogP contribution in [0.5, 0.6) is 0 Å². The quantitative estimate of drug-likeness (QED) is 0.822. The number of anilines is 1. The zero-order valence-electron chi connectivity index (χ0n) is 12.6.